The lowest BCUT2D eigenvalue weighted by atomic mass is 9.75. The third-order valence-electron chi connectivity index (χ3n) is 7.02. The van der Waals surface area contributed by atoms with Crippen LogP contribution in [0.4, 0.5) is 0 Å². The molecule has 1 aromatic carbocycles. The largest absolute Gasteiger partial charge is 0.497 e. The van der Waals surface area contributed by atoms with E-state index in [0.717, 1.165) is 44.8 Å². The number of carbonyl (C=O) groups excluding carboxylic acids is 1. The molecule has 0 spiro atoms. The fraction of sp³-hybridized carbons (Fsp3) is 0.708. The Balaban J connectivity index is 1.24. The monoisotopic (exact) mass is 401 g/mol. The lowest BCUT2D eigenvalue weighted by Crippen LogP contribution is -2.37. The Kier molecular flexibility index (Phi) is 6.76. The minimum atomic E-state index is -0.0443. The molecule has 0 unspecified atom stereocenters. The summed E-state index contributed by atoms with van der Waals surface area (Å²) < 4.78 is 17.2. The summed E-state index contributed by atoms with van der Waals surface area (Å²) in [6.45, 7) is 2.18. The van der Waals surface area contributed by atoms with Gasteiger partial charge in [0.2, 0.25) is 5.91 Å². The number of hydrogen-bond acceptors (Lipinski definition) is 4. The molecule has 3 aliphatic rings. The molecule has 4 rings (SSSR count). The molecule has 2 saturated carbocycles. The predicted octanol–water partition coefficient (Wildman–Crippen LogP) is 4.41. The van der Waals surface area contributed by atoms with Crippen molar-refractivity contribution in [3.63, 3.8) is 0 Å². The smallest absolute Gasteiger partial charge is 0.223 e. The number of carbonyl (C=O) groups is 1. The average Bonchev–Trinajstić information content (AvgIpc) is 3.44. The summed E-state index contributed by atoms with van der Waals surface area (Å²) >= 11 is 0. The van der Waals surface area contributed by atoms with E-state index < -0.39 is 0 Å². The minimum absolute atomic E-state index is 0.0443. The fourth-order valence-corrected chi connectivity index (χ4v) is 5.26. The van der Waals surface area contributed by atoms with Gasteiger partial charge in [0.1, 0.15) is 5.75 Å². The van der Waals surface area contributed by atoms with Crippen LogP contribution in [0.1, 0.15) is 69.3 Å². The van der Waals surface area contributed by atoms with Gasteiger partial charge in [-0.05, 0) is 55.7 Å². The van der Waals surface area contributed by atoms with Crippen molar-refractivity contribution in [2.24, 2.45) is 11.3 Å². The van der Waals surface area contributed by atoms with Crippen molar-refractivity contribution in [3.8, 4) is 5.75 Å². The van der Waals surface area contributed by atoms with Crippen molar-refractivity contribution >= 4 is 5.91 Å². The highest BCUT2D eigenvalue weighted by atomic mass is 16.7. The Hall–Kier alpha value is -1.59. The van der Waals surface area contributed by atoms with E-state index in [4.69, 9.17) is 14.2 Å². The van der Waals surface area contributed by atoms with E-state index in [1.165, 1.54) is 44.1 Å². The van der Waals surface area contributed by atoms with Crippen LogP contribution < -0.4 is 10.1 Å². The molecule has 29 heavy (non-hydrogen) atoms. The van der Waals surface area contributed by atoms with Crippen molar-refractivity contribution in [2.75, 3.05) is 26.9 Å². The Morgan fingerprint density at radius 3 is 2.66 bits per heavy atom. The molecule has 0 bridgehead atoms. The van der Waals surface area contributed by atoms with Gasteiger partial charge in [-0.2, -0.15) is 0 Å². The van der Waals surface area contributed by atoms with Gasteiger partial charge in [0.15, 0.2) is 6.29 Å². The van der Waals surface area contributed by atoms with Gasteiger partial charge in [0.05, 0.1) is 20.3 Å². The number of hydrogen-bond donors (Lipinski definition) is 1. The molecule has 2 aliphatic carbocycles. The van der Waals surface area contributed by atoms with E-state index in [0.29, 0.717) is 5.92 Å². The summed E-state index contributed by atoms with van der Waals surface area (Å²) in [6, 6.07) is 8.09. The average molecular weight is 402 g/mol. The highest BCUT2D eigenvalue weighted by Gasteiger charge is 2.44. The van der Waals surface area contributed by atoms with Gasteiger partial charge >= 0.3 is 0 Å². The van der Waals surface area contributed by atoms with E-state index in [2.05, 4.69) is 17.4 Å². The molecule has 1 amide bonds. The van der Waals surface area contributed by atoms with Crippen molar-refractivity contribution in [2.45, 2.75) is 70.0 Å². The van der Waals surface area contributed by atoms with Crippen LogP contribution in [0.3, 0.4) is 0 Å². The van der Waals surface area contributed by atoms with E-state index in [1.54, 1.807) is 7.11 Å². The third-order valence-corrected chi connectivity index (χ3v) is 7.02. The quantitative estimate of drug-likeness (QED) is 0.518. The first kappa shape index (κ1) is 20.7. The summed E-state index contributed by atoms with van der Waals surface area (Å²) in [5.74, 6) is 1.49. The minimum Gasteiger partial charge on any atom is -0.497 e. The molecule has 1 heterocycles. The number of benzene rings is 1. The summed E-state index contributed by atoms with van der Waals surface area (Å²) in [4.78, 5) is 12.6. The Morgan fingerprint density at radius 2 is 1.93 bits per heavy atom. The zero-order chi connectivity index (χ0) is 20.1. The van der Waals surface area contributed by atoms with Crippen LogP contribution in [-0.4, -0.2) is 39.1 Å². The van der Waals surface area contributed by atoms with Crippen LogP contribution in [0, 0.1) is 11.3 Å². The maximum Gasteiger partial charge on any atom is 0.223 e. The molecule has 160 valence electrons. The Labute approximate surface area is 174 Å². The molecule has 5 heteroatoms. The zero-order valence-corrected chi connectivity index (χ0v) is 17.7. The molecule has 1 saturated heterocycles. The van der Waals surface area contributed by atoms with Crippen LogP contribution in [0.5, 0.6) is 5.75 Å². The number of methoxy groups -OCH3 is 1. The van der Waals surface area contributed by atoms with E-state index in [1.807, 2.05) is 12.1 Å². The third kappa shape index (κ3) is 4.95. The molecule has 5 nitrogen and oxygen atoms in total. The standard InChI is InChI=1S/C24H35NO4/c1-27-19-9-6-8-18(16-19)20-17-21(20)22(26)25-13-7-12-24(23-28-14-15-29-23)10-4-2-3-5-11-24/h6,8-9,16,20-21,23H,2-5,7,10-15,17H2,1H3,(H,25,26)/t20-,21-/m1/s1. The lowest BCUT2D eigenvalue weighted by Gasteiger charge is -2.37. The van der Waals surface area contributed by atoms with Crippen molar-refractivity contribution in [1.82, 2.24) is 5.32 Å². The summed E-state index contributed by atoms with van der Waals surface area (Å²) in [6.07, 6.45) is 10.5. The zero-order valence-electron chi connectivity index (χ0n) is 17.7. The van der Waals surface area contributed by atoms with Crippen molar-refractivity contribution in [3.05, 3.63) is 29.8 Å². The molecule has 0 radical (unpaired) electrons. The number of nitrogens with one attached hydrogen (secondary N) is 1. The van der Waals surface area contributed by atoms with Gasteiger partial charge in [-0.15, -0.1) is 0 Å². The molecule has 0 aromatic heterocycles. The Bertz CT molecular complexity index is 677. The van der Waals surface area contributed by atoms with Gasteiger partial charge < -0.3 is 19.5 Å². The molecule has 1 N–H and O–H groups in total. The molecule has 1 aromatic rings. The lowest BCUT2D eigenvalue weighted by molar-refractivity contribution is -0.143. The molecular formula is C24H35NO4. The van der Waals surface area contributed by atoms with Crippen molar-refractivity contribution in [1.29, 1.82) is 0 Å². The SMILES string of the molecule is COc1cccc([C@H]2C[C@H]2C(=O)NCCCC2(C3OCCO3)CCCCCC2)c1. The van der Waals surface area contributed by atoms with E-state index in [9.17, 15) is 4.79 Å². The molecular weight excluding hydrogens is 366 g/mol. The highest BCUT2D eigenvalue weighted by molar-refractivity contribution is 5.82. The summed E-state index contributed by atoms with van der Waals surface area (Å²) in [7, 11) is 1.68. The predicted molar refractivity (Wildman–Crippen MR) is 112 cm³/mol. The maximum atomic E-state index is 12.6. The Morgan fingerprint density at radius 1 is 1.17 bits per heavy atom. The normalized spacial score (nSPS) is 26.7. The van der Waals surface area contributed by atoms with Gasteiger partial charge in [-0.1, -0.05) is 37.8 Å². The van der Waals surface area contributed by atoms with Crippen LogP contribution in [0.25, 0.3) is 0 Å². The first-order chi connectivity index (χ1) is 14.2. The van der Waals surface area contributed by atoms with E-state index in [-0.39, 0.29) is 23.5 Å². The van der Waals surface area contributed by atoms with Crippen molar-refractivity contribution < 1.29 is 19.0 Å². The number of rotatable bonds is 8. The van der Waals surface area contributed by atoms with Crippen LogP contribution >= 0.6 is 0 Å². The number of amides is 1. The molecule has 3 fully saturated rings. The van der Waals surface area contributed by atoms with Crippen LogP contribution in [0.15, 0.2) is 24.3 Å². The van der Waals surface area contributed by atoms with Gasteiger partial charge in [-0.3, -0.25) is 4.79 Å². The first-order valence-electron chi connectivity index (χ1n) is 11.4. The van der Waals surface area contributed by atoms with Gasteiger partial charge in [-0.25, -0.2) is 0 Å². The van der Waals surface area contributed by atoms with Gasteiger partial charge in [0.25, 0.3) is 0 Å². The molecule has 2 atom stereocenters. The van der Waals surface area contributed by atoms with Crippen LogP contribution in [0.2, 0.25) is 0 Å². The molecule has 1 aliphatic heterocycles. The first-order valence-corrected chi connectivity index (χ1v) is 11.4. The van der Waals surface area contributed by atoms with Gasteiger partial charge in [0, 0.05) is 17.9 Å². The highest BCUT2D eigenvalue weighted by Crippen LogP contribution is 2.48. The second-order valence-corrected chi connectivity index (χ2v) is 8.97. The topological polar surface area (TPSA) is 56.8 Å². The van der Waals surface area contributed by atoms with E-state index >= 15 is 0 Å². The number of ether oxygens (including phenoxy) is 3. The second kappa shape index (κ2) is 9.48. The summed E-state index contributed by atoms with van der Waals surface area (Å²) in [5, 5.41) is 3.18. The van der Waals surface area contributed by atoms with Crippen LogP contribution in [-0.2, 0) is 14.3 Å². The maximum absolute atomic E-state index is 12.6. The summed E-state index contributed by atoms with van der Waals surface area (Å²) in [5.41, 5.74) is 1.35. The second-order valence-electron chi connectivity index (χ2n) is 8.97. The fourth-order valence-electron chi connectivity index (χ4n) is 5.26.